The van der Waals surface area contributed by atoms with Gasteiger partial charge in [-0.2, -0.15) is 0 Å². The van der Waals surface area contributed by atoms with Crippen molar-refractivity contribution in [2.24, 2.45) is 0 Å². The number of alkyl halides is 2. The van der Waals surface area contributed by atoms with Gasteiger partial charge in [-0.25, -0.2) is 13.2 Å². The summed E-state index contributed by atoms with van der Waals surface area (Å²) in [7, 11) is 0. The van der Waals surface area contributed by atoms with E-state index < -0.39 is 30.5 Å². The first-order chi connectivity index (χ1) is 19.7. The molecule has 4 aromatic rings. The fraction of sp³-hybridized carbons (Fsp3) is 0.258. The van der Waals surface area contributed by atoms with E-state index in [0.717, 1.165) is 23.8 Å². The molecule has 1 aliphatic heterocycles. The normalized spacial score (nSPS) is 17.0. The summed E-state index contributed by atoms with van der Waals surface area (Å²) in [6, 6.07) is 15.2. The number of likely N-dealkylation sites (tertiary alicyclic amines) is 1. The first-order valence-corrected chi connectivity index (χ1v) is 13.5. The van der Waals surface area contributed by atoms with Crippen molar-refractivity contribution in [1.82, 2.24) is 10.2 Å². The molecule has 2 amide bonds. The highest BCUT2D eigenvalue weighted by Gasteiger charge is 2.33. The fourth-order valence-corrected chi connectivity index (χ4v) is 5.36. The Bertz CT molecular complexity index is 1640. The first-order valence-electron chi connectivity index (χ1n) is 13.1. The summed E-state index contributed by atoms with van der Waals surface area (Å²) in [4.78, 5) is 40.8. The summed E-state index contributed by atoms with van der Waals surface area (Å²) >= 11 is 6.04. The van der Waals surface area contributed by atoms with Gasteiger partial charge in [-0.1, -0.05) is 29.8 Å². The number of hydrogen-bond acceptors (Lipinski definition) is 4. The molecule has 1 N–H and O–H groups in total. The fourth-order valence-electron chi connectivity index (χ4n) is 5.24. The molecule has 3 aromatic carbocycles. The maximum Gasteiger partial charge on any atom is 0.287 e. The SMILES string of the molecule is O=C(N[C@H]1CCN(C(=O)c2cc(CF)cc(CF)c2)[C@H](Cc2ccc(Cl)cc2)C1)c1cc(=O)c2cc(F)ccc2o1. The second-order valence-corrected chi connectivity index (χ2v) is 10.5. The Kier molecular flexibility index (Phi) is 8.44. The van der Waals surface area contributed by atoms with Crippen LogP contribution in [0.5, 0.6) is 0 Å². The number of nitrogens with one attached hydrogen (secondary N) is 1. The zero-order valence-electron chi connectivity index (χ0n) is 21.8. The molecule has 0 saturated carbocycles. The molecule has 1 aromatic heterocycles. The number of fused-ring (bicyclic) bond motifs is 1. The average Bonchev–Trinajstić information content (AvgIpc) is 2.98. The Labute approximate surface area is 238 Å². The molecule has 0 aliphatic carbocycles. The summed E-state index contributed by atoms with van der Waals surface area (Å²) in [5, 5.41) is 3.49. The molecule has 212 valence electrons. The lowest BCUT2D eigenvalue weighted by atomic mass is 9.91. The Morgan fingerprint density at radius 1 is 0.951 bits per heavy atom. The maximum absolute atomic E-state index is 13.6. The lowest BCUT2D eigenvalue weighted by molar-refractivity contribution is 0.0568. The van der Waals surface area contributed by atoms with Crippen molar-refractivity contribution >= 4 is 34.4 Å². The summed E-state index contributed by atoms with van der Waals surface area (Å²) in [6.07, 6.45) is 1.23. The van der Waals surface area contributed by atoms with Gasteiger partial charge < -0.3 is 14.6 Å². The smallest absolute Gasteiger partial charge is 0.287 e. The Balaban J connectivity index is 1.38. The van der Waals surface area contributed by atoms with Crippen molar-refractivity contribution in [3.05, 3.63) is 116 Å². The van der Waals surface area contributed by atoms with Crippen LogP contribution in [-0.2, 0) is 19.8 Å². The van der Waals surface area contributed by atoms with E-state index in [-0.39, 0.29) is 58.0 Å². The first kappa shape index (κ1) is 28.4. The van der Waals surface area contributed by atoms with Crippen molar-refractivity contribution in [3.8, 4) is 0 Å². The van der Waals surface area contributed by atoms with Gasteiger partial charge in [0.1, 0.15) is 24.7 Å². The van der Waals surface area contributed by atoms with Crippen LogP contribution in [0.2, 0.25) is 5.02 Å². The molecule has 1 saturated heterocycles. The molecule has 5 rings (SSSR count). The van der Waals surface area contributed by atoms with Crippen LogP contribution in [0.25, 0.3) is 11.0 Å². The van der Waals surface area contributed by atoms with E-state index in [0.29, 0.717) is 24.3 Å². The maximum atomic E-state index is 13.6. The largest absolute Gasteiger partial charge is 0.451 e. The van der Waals surface area contributed by atoms with Gasteiger partial charge in [0.25, 0.3) is 11.8 Å². The van der Waals surface area contributed by atoms with Crippen molar-refractivity contribution in [2.45, 2.75) is 44.7 Å². The van der Waals surface area contributed by atoms with Crippen LogP contribution in [-0.4, -0.2) is 35.3 Å². The second-order valence-electron chi connectivity index (χ2n) is 10.1. The van der Waals surface area contributed by atoms with Crippen molar-refractivity contribution in [3.63, 3.8) is 0 Å². The Morgan fingerprint density at radius 2 is 1.66 bits per heavy atom. The average molecular weight is 583 g/mol. The van der Waals surface area contributed by atoms with Crippen molar-refractivity contribution in [1.29, 1.82) is 0 Å². The van der Waals surface area contributed by atoms with Crippen LogP contribution >= 0.6 is 11.6 Å². The molecular weight excluding hydrogens is 557 g/mol. The highest BCUT2D eigenvalue weighted by atomic mass is 35.5. The number of carbonyl (C=O) groups excluding carboxylic acids is 2. The highest BCUT2D eigenvalue weighted by Crippen LogP contribution is 2.26. The number of piperidine rings is 1. The predicted octanol–water partition coefficient (Wildman–Crippen LogP) is 6.17. The van der Waals surface area contributed by atoms with Crippen LogP contribution in [0, 0.1) is 5.82 Å². The minimum atomic E-state index is -0.823. The molecule has 41 heavy (non-hydrogen) atoms. The van der Waals surface area contributed by atoms with Gasteiger partial charge in [-0.05, 0) is 78.4 Å². The molecule has 10 heteroatoms. The summed E-state index contributed by atoms with van der Waals surface area (Å²) in [5.74, 6) is -1.76. The third-order valence-corrected chi connectivity index (χ3v) is 7.47. The summed E-state index contributed by atoms with van der Waals surface area (Å²) in [6.45, 7) is -1.37. The van der Waals surface area contributed by atoms with Gasteiger partial charge in [0, 0.05) is 35.3 Å². The van der Waals surface area contributed by atoms with Gasteiger partial charge in [-0.3, -0.25) is 14.4 Å². The van der Waals surface area contributed by atoms with E-state index in [1.54, 1.807) is 17.0 Å². The van der Waals surface area contributed by atoms with Crippen LogP contribution in [0.1, 0.15) is 50.4 Å². The number of carbonyl (C=O) groups is 2. The summed E-state index contributed by atoms with van der Waals surface area (Å²) < 4.78 is 46.0. The highest BCUT2D eigenvalue weighted by molar-refractivity contribution is 6.30. The minimum absolute atomic E-state index is 0.0316. The van der Waals surface area contributed by atoms with E-state index in [4.69, 9.17) is 16.0 Å². The van der Waals surface area contributed by atoms with E-state index >= 15 is 0 Å². The zero-order chi connectivity index (χ0) is 29.1. The van der Waals surface area contributed by atoms with Crippen LogP contribution < -0.4 is 10.7 Å². The number of nitrogens with zero attached hydrogens (tertiary/aromatic N) is 1. The third kappa shape index (κ3) is 6.46. The van der Waals surface area contributed by atoms with Crippen LogP contribution in [0.3, 0.4) is 0 Å². The van der Waals surface area contributed by atoms with Gasteiger partial charge in [0.2, 0.25) is 0 Å². The second kappa shape index (κ2) is 12.2. The monoisotopic (exact) mass is 582 g/mol. The predicted molar refractivity (Wildman–Crippen MR) is 149 cm³/mol. The molecule has 1 aliphatic rings. The molecule has 0 radical (unpaired) electrons. The molecular formula is C31H26ClF3N2O4. The third-order valence-electron chi connectivity index (χ3n) is 7.22. The van der Waals surface area contributed by atoms with E-state index in [9.17, 15) is 27.6 Å². The van der Waals surface area contributed by atoms with Crippen LogP contribution in [0.4, 0.5) is 13.2 Å². The molecule has 2 heterocycles. The molecule has 1 fully saturated rings. The lowest BCUT2D eigenvalue weighted by Gasteiger charge is -2.40. The number of hydrogen-bond donors (Lipinski definition) is 1. The van der Waals surface area contributed by atoms with Crippen molar-refractivity contribution < 1.29 is 27.2 Å². The molecule has 2 atom stereocenters. The minimum Gasteiger partial charge on any atom is -0.451 e. The number of amides is 2. The van der Waals surface area contributed by atoms with Gasteiger partial charge in [0.05, 0.1) is 5.39 Å². The standard InChI is InChI=1S/C31H26ClF3N2O4/c32-22-3-1-18(2-4-22)12-25-14-24(7-8-37(25)31(40)21-10-19(16-33)9-20(11-21)17-34)36-30(39)29-15-27(38)26-13-23(35)5-6-28(26)41-29/h1-6,9-11,13,15,24-25H,7-8,12,14,16-17H2,(H,36,39)/t24-,25+/m0/s1. The number of rotatable bonds is 7. The zero-order valence-corrected chi connectivity index (χ0v) is 22.6. The lowest BCUT2D eigenvalue weighted by Crippen LogP contribution is -2.52. The van der Waals surface area contributed by atoms with Crippen molar-refractivity contribution in [2.75, 3.05) is 6.54 Å². The van der Waals surface area contributed by atoms with Crippen LogP contribution in [0.15, 0.2) is 75.9 Å². The molecule has 0 spiro atoms. The van der Waals surface area contributed by atoms with Gasteiger partial charge in [0.15, 0.2) is 11.2 Å². The van der Waals surface area contributed by atoms with E-state index in [2.05, 4.69) is 5.32 Å². The number of halogens is 4. The summed E-state index contributed by atoms with van der Waals surface area (Å²) in [5.41, 5.74) is 1.11. The quantitative estimate of drug-likeness (QED) is 0.283. The Morgan fingerprint density at radius 3 is 2.34 bits per heavy atom. The van der Waals surface area contributed by atoms with Gasteiger partial charge >= 0.3 is 0 Å². The molecule has 0 bridgehead atoms. The van der Waals surface area contributed by atoms with E-state index in [1.807, 2.05) is 12.1 Å². The molecule has 0 unspecified atom stereocenters. The topological polar surface area (TPSA) is 79.6 Å². The molecule has 6 nitrogen and oxygen atoms in total. The number of benzene rings is 3. The van der Waals surface area contributed by atoms with Gasteiger partial charge in [-0.15, -0.1) is 0 Å². The van der Waals surface area contributed by atoms with E-state index in [1.165, 1.54) is 24.3 Å². The Hall–Kier alpha value is -4.11.